The first-order valence-corrected chi connectivity index (χ1v) is 10.6. The molecule has 2 aromatic carbocycles. The minimum absolute atomic E-state index is 0.0908. The van der Waals surface area contributed by atoms with E-state index in [4.69, 9.17) is 4.74 Å². The van der Waals surface area contributed by atoms with Crippen molar-refractivity contribution >= 4 is 17.3 Å². The highest BCUT2D eigenvalue weighted by atomic mass is 19.4. The van der Waals surface area contributed by atoms with Crippen LogP contribution in [0.25, 0.3) is 0 Å². The second-order valence-corrected chi connectivity index (χ2v) is 7.84. The number of fused-ring (bicyclic) bond motifs is 1. The lowest BCUT2D eigenvalue weighted by Gasteiger charge is -2.31. The normalized spacial score (nSPS) is 13.5. The fourth-order valence-corrected chi connectivity index (χ4v) is 3.69. The van der Waals surface area contributed by atoms with E-state index in [0.717, 1.165) is 35.3 Å². The van der Waals surface area contributed by atoms with Crippen LogP contribution >= 0.6 is 0 Å². The number of para-hydroxylation sites is 2. The van der Waals surface area contributed by atoms with Crippen LogP contribution < -0.4 is 25.4 Å². The number of benzene rings is 2. The summed E-state index contributed by atoms with van der Waals surface area (Å²) < 4.78 is 49.0. The van der Waals surface area contributed by atoms with Gasteiger partial charge in [-0.05, 0) is 48.9 Å². The lowest BCUT2D eigenvalue weighted by atomic mass is 9.99. The monoisotopic (exact) mass is 488 g/mol. The topological polar surface area (TPSA) is 91.9 Å². The van der Waals surface area contributed by atoms with Crippen LogP contribution in [0, 0.1) is 0 Å². The lowest BCUT2D eigenvalue weighted by Crippen LogP contribution is -2.46. The summed E-state index contributed by atoms with van der Waals surface area (Å²) in [6, 6.07) is 9.16. The first-order valence-electron chi connectivity index (χ1n) is 10.6. The number of carbonyl (C=O) groups is 1. The molecule has 0 spiro atoms. The number of likely N-dealkylation sites (N-methyl/N-ethyl adjacent to an activating group) is 1. The summed E-state index contributed by atoms with van der Waals surface area (Å²) in [7, 11) is 3.49. The molecular weight excluding hydrogens is 465 g/mol. The molecule has 0 fully saturated rings. The maximum atomic E-state index is 13.1. The number of alkyl halides is 3. The van der Waals surface area contributed by atoms with Crippen LogP contribution in [0.3, 0.4) is 0 Å². The molecule has 4 rings (SSSR count). The van der Waals surface area contributed by atoms with E-state index in [2.05, 4.69) is 30.5 Å². The number of halogens is 3. The smallest absolute Gasteiger partial charge is 0.495 e. The standard InChI is InChI=1S/C23H23F3N6O3/c1-31-8-7-15-10-21(34-2)18(9-16(15)13-31)29-32(30-22(33)17-11-27-14-28-12-17)19-5-3-4-6-20(19)35-23(24,25)26/h3-6,9-12,14,29H,7-8,13H2,1-2H3,(H,30,33). The molecule has 1 aliphatic heterocycles. The molecule has 0 saturated carbocycles. The van der Waals surface area contributed by atoms with Crippen LogP contribution in [0.4, 0.5) is 24.5 Å². The molecule has 0 radical (unpaired) electrons. The van der Waals surface area contributed by atoms with Gasteiger partial charge < -0.3 is 14.4 Å². The fourth-order valence-electron chi connectivity index (χ4n) is 3.69. The molecule has 0 unspecified atom stereocenters. The Kier molecular flexibility index (Phi) is 6.92. The number of amides is 1. The Morgan fingerprint density at radius 1 is 1.11 bits per heavy atom. The molecule has 1 aromatic heterocycles. The summed E-state index contributed by atoms with van der Waals surface area (Å²) in [5.41, 5.74) is 8.13. The van der Waals surface area contributed by atoms with E-state index < -0.39 is 18.0 Å². The highest BCUT2D eigenvalue weighted by Gasteiger charge is 2.33. The summed E-state index contributed by atoms with van der Waals surface area (Å²) >= 11 is 0. The highest BCUT2D eigenvalue weighted by Crippen LogP contribution is 2.35. The molecule has 184 valence electrons. The Morgan fingerprint density at radius 2 is 1.86 bits per heavy atom. The van der Waals surface area contributed by atoms with Gasteiger partial charge in [0, 0.05) is 25.5 Å². The second-order valence-electron chi connectivity index (χ2n) is 7.84. The van der Waals surface area contributed by atoms with Crippen molar-refractivity contribution in [3.63, 3.8) is 0 Å². The van der Waals surface area contributed by atoms with Crippen LogP contribution in [0.15, 0.2) is 55.1 Å². The van der Waals surface area contributed by atoms with Gasteiger partial charge in [0.25, 0.3) is 5.91 Å². The zero-order chi connectivity index (χ0) is 25.0. The summed E-state index contributed by atoms with van der Waals surface area (Å²) in [4.78, 5) is 22.6. The van der Waals surface area contributed by atoms with Crippen LogP contribution in [0.2, 0.25) is 0 Å². The number of hydrogen-bond donors (Lipinski definition) is 2. The SMILES string of the molecule is COc1cc2c(cc1NN(NC(=O)c1cncnc1)c1ccccc1OC(F)(F)F)CN(C)CC2. The van der Waals surface area contributed by atoms with Gasteiger partial charge in [0.1, 0.15) is 17.8 Å². The van der Waals surface area contributed by atoms with E-state index in [0.29, 0.717) is 18.0 Å². The van der Waals surface area contributed by atoms with Gasteiger partial charge in [-0.25, -0.2) is 15.4 Å². The minimum Gasteiger partial charge on any atom is -0.495 e. The number of ether oxygens (including phenoxy) is 2. The Morgan fingerprint density at radius 3 is 2.57 bits per heavy atom. The Bertz CT molecular complexity index is 1190. The van der Waals surface area contributed by atoms with E-state index in [1.165, 1.54) is 44.0 Å². The van der Waals surface area contributed by atoms with E-state index in [-0.39, 0.29) is 11.3 Å². The van der Waals surface area contributed by atoms with Gasteiger partial charge in [-0.1, -0.05) is 12.1 Å². The zero-order valence-electron chi connectivity index (χ0n) is 19.0. The van der Waals surface area contributed by atoms with Gasteiger partial charge in [0.15, 0.2) is 5.75 Å². The maximum absolute atomic E-state index is 13.1. The summed E-state index contributed by atoms with van der Waals surface area (Å²) in [5, 5.41) is 1.05. The molecule has 1 amide bonds. The second kappa shape index (κ2) is 10.1. The molecule has 3 aromatic rings. The summed E-state index contributed by atoms with van der Waals surface area (Å²) in [5.74, 6) is -0.713. The number of aromatic nitrogens is 2. The van der Waals surface area contributed by atoms with Crippen molar-refractivity contribution in [2.75, 3.05) is 31.2 Å². The molecule has 1 aliphatic rings. The van der Waals surface area contributed by atoms with Gasteiger partial charge in [0.05, 0.1) is 18.4 Å². The average Bonchev–Trinajstić information content (AvgIpc) is 2.83. The molecule has 2 N–H and O–H groups in total. The fraction of sp³-hybridized carbons (Fsp3) is 0.261. The summed E-state index contributed by atoms with van der Waals surface area (Å²) in [6.45, 7) is 1.59. The number of nitrogens with one attached hydrogen (secondary N) is 2. The Balaban J connectivity index is 1.73. The maximum Gasteiger partial charge on any atom is 0.573 e. The number of rotatable bonds is 7. The lowest BCUT2D eigenvalue weighted by molar-refractivity contribution is -0.274. The molecular formula is C23H23F3N6O3. The third-order valence-electron chi connectivity index (χ3n) is 5.33. The predicted octanol–water partition coefficient (Wildman–Crippen LogP) is 3.55. The first kappa shape index (κ1) is 24.1. The zero-order valence-corrected chi connectivity index (χ0v) is 19.0. The largest absolute Gasteiger partial charge is 0.573 e. The van der Waals surface area contributed by atoms with Gasteiger partial charge in [0.2, 0.25) is 0 Å². The van der Waals surface area contributed by atoms with Crippen molar-refractivity contribution in [2.24, 2.45) is 0 Å². The number of hydrazine groups is 2. The molecule has 9 nitrogen and oxygen atoms in total. The van der Waals surface area contributed by atoms with Crippen LogP contribution in [0.1, 0.15) is 21.5 Å². The van der Waals surface area contributed by atoms with Gasteiger partial charge >= 0.3 is 6.36 Å². The van der Waals surface area contributed by atoms with E-state index in [1.807, 2.05) is 19.2 Å². The van der Waals surface area contributed by atoms with Crippen LogP contribution in [-0.4, -0.2) is 47.8 Å². The molecule has 0 saturated heterocycles. The number of nitrogens with zero attached hydrogens (tertiary/aromatic N) is 4. The number of anilines is 2. The number of hydrogen-bond acceptors (Lipinski definition) is 8. The Labute approximate surface area is 199 Å². The highest BCUT2D eigenvalue weighted by molar-refractivity contribution is 5.95. The molecule has 0 atom stereocenters. The minimum atomic E-state index is -4.94. The average molecular weight is 488 g/mol. The molecule has 35 heavy (non-hydrogen) atoms. The van der Waals surface area contributed by atoms with Crippen molar-refractivity contribution in [3.05, 3.63) is 71.8 Å². The summed E-state index contributed by atoms with van der Waals surface area (Å²) in [6.07, 6.45) is -0.275. The van der Waals surface area contributed by atoms with Crippen molar-refractivity contribution in [2.45, 2.75) is 19.3 Å². The molecule has 12 heteroatoms. The first-order chi connectivity index (χ1) is 16.7. The van der Waals surface area contributed by atoms with E-state index >= 15 is 0 Å². The van der Waals surface area contributed by atoms with Gasteiger partial charge in [-0.15, -0.1) is 13.2 Å². The van der Waals surface area contributed by atoms with E-state index in [9.17, 15) is 18.0 Å². The van der Waals surface area contributed by atoms with Crippen LogP contribution in [0.5, 0.6) is 11.5 Å². The predicted molar refractivity (Wildman–Crippen MR) is 122 cm³/mol. The van der Waals surface area contributed by atoms with Crippen molar-refractivity contribution in [3.8, 4) is 11.5 Å². The van der Waals surface area contributed by atoms with Crippen molar-refractivity contribution in [1.82, 2.24) is 20.3 Å². The molecule has 0 aliphatic carbocycles. The third kappa shape index (κ3) is 5.90. The quantitative estimate of drug-likeness (QED) is 0.488. The van der Waals surface area contributed by atoms with E-state index in [1.54, 1.807) is 0 Å². The Hall–Kier alpha value is -4.06. The molecule has 2 heterocycles. The van der Waals surface area contributed by atoms with Crippen LogP contribution in [-0.2, 0) is 13.0 Å². The van der Waals surface area contributed by atoms with Crippen molar-refractivity contribution < 1.29 is 27.4 Å². The van der Waals surface area contributed by atoms with Crippen molar-refractivity contribution in [1.29, 1.82) is 0 Å². The third-order valence-corrected chi connectivity index (χ3v) is 5.33. The molecule has 0 bridgehead atoms. The van der Waals surface area contributed by atoms with Gasteiger partial charge in [-0.3, -0.25) is 10.2 Å². The number of carbonyl (C=O) groups excluding carboxylic acids is 1. The number of methoxy groups -OCH3 is 1. The van der Waals surface area contributed by atoms with Gasteiger partial charge in [-0.2, -0.15) is 5.12 Å².